The number of hydrogen-bond donors (Lipinski definition) is 1. The molecule has 1 aromatic heterocycles. The molecule has 0 bridgehead atoms. The fourth-order valence-corrected chi connectivity index (χ4v) is 3.91. The predicted octanol–water partition coefficient (Wildman–Crippen LogP) is 4.21. The molecule has 1 aliphatic rings. The maximum atomic E-state index is 12.9. The Morgan fingerprint density at radius 3 is 2.53 bits per heavy atom. The van der Waals surface area contributed by atoms with Crippen molar-refractivity contribution in [1.29, 1.82) is 0 Å². The van der Waals surface area contributed by atoms with Crippen molar-refractivity contribution < 1.29 is 13.9 Å². The summed E-state index contributed by atoms with van der Waals surface area (Å²) in [4.78, 5) is 17.0. The molecule has 1 fully saturated rings. The van der Waals surface area contributed by atoms with E-state index < -0.39 is 0 Å². The van der Waals surface area contributed by atoms with E-state index in [1.54, 1.807) is 11.9 Å². The number of morpholine rings is 1. The number of para-hydroxylation sites is 1. The van der Waals surface area contributed by atoms with Gasteiger partial charge in [-0.3, -0.25) is 4.90 Å². The van der Waals surface area contributed by atoms with Gasteiger partial charge in [-0.15, -0.1) is 0 Å². The number of amides is 2. The van der Waals surface area contributed by atoms with Crippen LogP contribution in [0.3, 0.4) is 0 Å². The number of furan rings is 1. The Morgan fingerprint density at radius 1 is 1.10 bits per heavy atom. The zero-order valence-electron chi connectivity index (χ0n) is 17.6. The molecule has 6 nitrogen and oxygen atoms in total. The number of urea groups is 1. The van der Waals surface area contributed by atoms with E-state index in [0.717, 1.165) is 43.0 Å². The largest absolute Gasteiger partial charge is 0.459 e. The molecule has 2 aromatic carbocycles. The quantitative estimate of drug-likeness (QED) is 0.665. The second kappa shape index (κ2) is 9.32. The van der Waals surface area contributed by atoms with Crippen LogP contribution >= 0.6 is 0 Å². The molecule has 0 spiro atoms. The van der Waals surface area contributed by atoms with E-state index in [2.05, 4.69) is 22.3 Å². The molecule has 0 saturated carbocycles. The molecule has 6 heteroatoms. The molecule has 4 rings (SSSR count). The Hall–Kier alpha value is -2.83. The van der Waals surface area contributed by atoms with Crippen molar-refractivity contribution in [3.05, 3.63) is 72.0 Å². The summed E-state index contributed by atoms with van der Waals surface area (Å²) >= 11 is 0. The van der Waals surface area contributed by atoms with E-state index in [1.807, 2.05) is 55.5 Å². The van der Waals surface area contributed by atoms with E-state index in [4.69, 9.17) is 9.15 Å². The first-order valence-electron chi connectivity index (χ1n) is 10.5. The van der Waals surface area contributed by atoms with Crippen LogP contribution in [0.1, 0.15) is 30.3 Å². The average Bonchev–Trinajstić information content (AvgIpc) is 3.24. The van der Waals surface area contributed by atoms with Gasteiger partial charge < -0.3 is 19.4 Å². The fourth-order valence-electron chi connectivity index (χ4n) is 3.91. The van der Waals surface area contributed by atoms with E-state index in [1.165, 1.54) is 5.56 Å². The lowest BCUT2D eigenvalue weighted by Gasteiger charge is -2.35. The highest BCUT2D eigenvalue weighted by Crippen LogP contribution is 2.27. The SMILES string of the molecule is CC(c1cc2ccccc2o1)N(C)C(=O)NCC(c1ccccc1)N1CCOCC1. The van der Waals surface area contributed by atoms with Gasteiger partial charge in [0.15, 0.2) is 0 Å². The minimum absolute atomic E-state index is 0.114. The summed E-state index contributed by atoms with van der Waals surface area (Å²) in [7, 11) is 1.81. The number of fused-ring (bicyclic) bond motifs is 1. The van der Waals surface area contributed by atoms with Crippen molar-refractivity contribution in [1.82, 2.24) is 15.1 Å². The summed E-state index contributed by atoms with van der Waals surface area (Å²) in [6.07, 6.45) is 0. The number of hydrogen-bond acceptors (Lipinski definition) is 4. The summed E-state index contributed by atoms with van der Waals surface area (Å²) in [5.74, 6) is 0.779. The number of rotatable bonds is 6. The second-order valence-corrected chi connectivity index (χ2v) is 7.73. The third-order valence-electron chi connectivity index (χ3n) is 5.88. The summed E-state index contributed by atoms with van der Waals surface area (Å²) in [6, 6.07) is 20.1. The van der Waals surface area contributed by atoms with E-state index >= 15 is 0 Å². The second-order valence-electron chi connectivity index (χ2n) is 7.73. The van der Waals surface area contributed by atoms with Crippen molar-refractivity contribution in [3.8, 4) is 0 Å². The van der Waals surface area contributed by atoms with Gasteiger partial charge in [0, 0.05) is 32.1 Å². The Morgan fingerprint density at radius 2 is 1.80 bits per heavy atom. The van der Waals surface area contributed by atoms with Crippen LogP contribution in [0.2, 0.25) is 0 Å². The van der Waals surface area contributed by atoms with Crippen molar-refractivity contribution in [2.75, 3.05) is 39.9 Å². The van der Waals surface area contributed by atoms with Crippen LogP contribution in [0.4, 0.5) is 4.79 Å². The highest BCUT2D eigenvalue weighted by molar-refractivity contribution is 5.78. The van der Waals surface area contributed by atoms with Crippen LogP contribution in [-0.2, 0) is 4.74 Å². The third kappa shape index (κ3) is 4.50. The van der Waals surface area contributed by atoms with Crippen LogP contribution < -0.4 is 5.32 Å². The molecular formula is C24H29N3O3. The van der Waals surface area contributed by atoms with Gasteiger partial charge in [-0.05, 0) is 24.6 Å². The average molecular weight is 408 g/mol. The lowest BCUT2D eigenvalue weighted by Crippen LogP contribution is -2.46. The van der Waals surface area contributed by atoms with Crippen LogP contribution in [0, 0.1) is 0 Å². The van der Waals surface area contributed by atoms with Gasteiger partial charge in [0.25, 0.3) is 0 Å². The highest BCUT2D eigenvalue weighted by atomic mass is 16.5. The lowest BCUT2D eigenvalue weighted by molar-refractivity contribution is 0.0164. The lowest BCUT2D eigenvalue weighted by atomic mass is 10.0. The smallest absolute Gasteiger partial charge is 0.317 e. The van der Waals surface area contributed by atoms with Gasteiger partial charge in [-0.25, -0.2) is 4.79 Å². The zero-order valence-corrected chi connectivity index (χ0v) is 17.6. The molecule has 1 N–H and O–H groups in total. The summed E-state index contributed by atoms with van der Waals surface area (Å²) in [6.45, 7) is 5.69. The Balaban J connectivity index is 1.43. The highest BCUT2D eigenvalue weighted by Gasteiger charge is 2.25. The molecule has 1 saturated heterocycles. The predicted molar refractivity (Wildman–Crippen MR) is 117 cm³/mol. The molecule has 1 aliphatic heterocycles. The Labute approximate surface area is 177 Å². The first kappa shape index (κ1) is 20.4. The molecule has 30 heavy (non-hydrogen) atoms. The molecule has 158 valence electrons. The summed E-state index contributed by atoms with van der Waals surface area (Å²) in [5, 5.41) is 4.17. The van der Waals surface area contributed by atoms with E-state index in [0.29, 0.717) is 6.54 Å². The third-order valence-corrected chi connectivity index (χ3v) is 5.88. The van der Waals surface area contributed by atoms with Gasteiger partial charge in [-0.2, -0.15) is 0 Å². The molecule has 2 atom stereocenters. The summed E-state index contributed by atoms with van der Waals surface area (Å²) in [5.41, 5.74) is 2.04. The Bertz CT molecular complexity index is 933. The van der Waals surface area contributed by atoms with Gasteiger partial charge in [0.05, 0.1) is 25.3 Å². The van der Waals surface area contributed by atoms with Gasteiger partial charge >= 0.3 is 6.03 Å². The number of ether oxygens (including phenoxy) is 1. The number of carbonyl (C=O) groups is 1. The molecule has 3 aromatic rings. The van der Waals surface area contributed by atoms with Crippen molar-refractivity contribution in [2.45, 2.75) is 19.0 Å². The van der Waals surface area contributed by atoms with Crippen molar-refractivity contribution in [2.24, 2.45) is 0 Å². The number of benzene rings is 2. The van der Waals surface area contributed by atoms with Crippen molar-refractivity contribution in [3.63, 3.8) is 0 Å². The van der Waals surface area contributed by atoms with Crippen molar-refractivity contribution >= 4 is 17.0 Å². The van der Waals surface area contributed by atoms with E-state index in [9.17, 15) is 4.79 Å². The molecule has 2 unspecified atom stereocenters. The molecular weight excluding hydrogens is 378 g/mol. The zero-order chi connectivity index (χ0) is 20.9. The first-order valence-corrected chi connectivity index (χ1v) is 10.5. The monoisotopic (exact) mass is 407 g/mol. The van der Waals surface area contributed by atoms with Crippen LogP contribution in [0.5, 0.6) is 0 Å². The van der Waals surface area contributed by atoms with Crippen LogP contribution in [-0.4, -0.2) is 55.7 Å². The number of carbonyl (C=O) groups excluding carboxylic acids is 1. The standard InChI is InChI=1S/C24H29N3O3/c1-18(23-16-20-10-6-7-11-22(20)30-23)26(2)24(28)25-17-21(19-8-4-3-5-9-19)27-12-14-29-15-13-27/h3-11,16,18,21H,12-15,17H2,1-2H3,(H,25,28). The molecule has 0 radical (unpaired) electrons. The molecule has 0 aliphatic carbocycles. The molecule has 2 heterocycles. The normalized spacial score (nSPS) is 16.9. The van der Waals surface area contributed by atoms with Gasteiger partial charge in [-0.1, -0.05) is 48.5 Å². The maximum absolute atomic E-state index is 12.9. The van der Waals surface area contributed by atoms with Crippen LogP contribution in [0.25, 0.3) is 11.0 Å². The first-order chi connectivity index (χ1) is 14.6. The minimum atomic E-state index is -0.170. The van der Waals surface area contributed by atoms with Crippen LogP contribution in [0.15, 0.2) is 65.1 Å². The number of nitrogens with zero attached hydrogens (tertiary/aromatic N) is 2. The van der Waals surface area contributed by atoms with Gasteiger partial charge in [0.1, 0.15) is 11.3 Å². The van der Waals surface area contributed by atoms with E-state index in [-0.39, 0.29) is 18.1 Å². The fraction of sp³-hybridized carbons (Fsp3) is 0.375. The number of nitrogens with one attached hydrogen (secondary N) is 1. The Kier molecular flexibility index (Phi) is 6.35. The minimum Gasteiger partial charge on any atom is -0.459 e. The molecule has 2 amide bonds. The summed E-state index contributed by atoms with van der Waals surface area (Å²) < 4.78 is 11.5. The maximum Gasteiger partial charge on any atom is 0.317 e. The van der Waals surface area contributed by atoms with Gasteiger partial charge in [0.2, 0.25) is 0 Å². The topological polar surface area (TPSA) is 58.0 Å².